The molecule has 18 heavy (non-hydrogen) atoms. The molecule has 0 radical (unpaired) electrons. The molecule has 2 aliphatic carbocycles. The van der Waals surface area contributed by atoms with Gasteiger partial charge >= 0.3 is 0 Å². The van der Waals surface area contributed by atoms with Gasteiger partial charge in [-0.3, -0.25) is 4.79 Å². The smallest absolute Gasteiger partial charge is 0.220 e. The lowest BCUT2D eigenvalue weighted by molar-refractivity contribution is -0.122. The van der Waals surface area contributed by atoms with Crippen molar-refractivity contribution in [1.29, 1.82) is 0 Å². The normalized spacial score (nSPS) is 30.1. The van der Waals surface area contributed by atoms with Crippen molar-refractivity contribution in [1.82, 2.24) is 5.32 Å². The van der Waals surface area contributed by atoms with Gasteiger partial charge in [0, 0.05) is 18.5 Å². The Hall–Kier alpha value is -0.570. The molecule has 3 N–H and O–H groups in total. The van der Waals surface area contributed by atoms with E-state index in [0.29, 0.717) is 12.1 Å². The highest BCUT2D eigenvalue weighted by atomic mass is 16.1. The van der Waals surface area contributed by atoms with Gasteiger partial charge in [0.25, 0.3) is 0 Å². The van der Waals surface area contributed by atoms with E-state index in [1.54, 1.807) is 0 Å². The van der Waals surface area contributed by atoms with Crippen molar-refractivity contribution < 1.29 is 4.79 Å². The van der Waals surface area contributed by atoms with Crippen LogP contribution in [0, 0.1) is 5.92 Å². The third-order valence-electron chi connectivity index (χ3n) is 4.64. The van der Waals surface area contributed by atoms with E-state index in [4.69, 9.17) is 5.73 Å². The topological polar surface area (TPSA) is 55.1 Å². The van der Waals surface area contributed by atoms with Crippen LogP contribution >= 0.6 is 0 Å². The second-order valence-electron chi connectivity index (χ2n) is 6.22. The van der Waals surface area contributed by atoms with Crippen LogP contribution in [-0.2, 0) is 4.79 Å². The number of nitrogens with one attached hydrogen (secondary N) is 1. The number of amides is 1. The first-order chi connectivity index (χ1) is 8.74. The average molecular weight is 252 g/mol. The van der Waals surface area contributed by atoms with Crippen molar-refractivity contribution in [2.45, 2.75) is 82.7 Å². The molecule has 0 heterocycles. The molecule has 3 heteroatoms. The lowest BCUT2D eigenvalue weighted by Gasteiger charge is -2.26. The molecule has 0 saturated heterocycles. The van der Waals surface area contributed by atoms with Crippen molar-refractivity contribution in [3.63, 3.8) is 0 Å². The summed E-state index contributed by atoms with van der Waals surface area (Å²) in [5.41, 5.74) is 5.90. The Morgan fingerprint density at radius 2 is 1.67 bits per heavy atom. The first-order valence-corrected chi connectivity index (χ1v) is 7.79. The summed E-state index contributed by atoms with van der Waals surface area (Å²) >= 11 is 0. The lowest BCUT2D eigenvalue weighted by atomic mass is 9.83. The van der Waals surface area contributed by atoms with Gasteiger partial charge in [-0.2, -0.15) is 0 Å². The van der Waals surface area contributed by atoms with E-state index < -0.39 is 0 Å². The van der Waals surface area contributed by atoms with Gasteiger partial charge in [-0.1, -0.05) is 19.3 Å². The quantitative estimate of drug-likeness (QED) is 0.808. The maximum absolute atomic E-state index is 11.9. The van der Waals surface area contributed by atoms with Crippen molar-refractivity contribution in [2.75, 3.05) is 0 Å². The van der Waals surface area contributed by atoms with Crippen LogP contribution in [0.1, 0.15) is 70.6 Å². The summed E-state index contributed by atoms with van der Waals surface area (Å²) in [4.78, 5) is 11.9. The fourth-order valence-electron chi connectivity index (χ4n) is 3.36. The van der Waals surface area contributed by atoms with Crippen LogP contribution in [0.15, 0.2) is 0 Å². The van der Waals surface area contributed by atoms with Crippen molar-refractivity contribution >= 4 is 5.91 Å². The number of carbonyl (C=O) groups is 1. The van der Waals surface area contributed by atoms with E-state index in [-0.39, 0.29) is 5.91 Å². The summed E-state index contributed by atoms with van der Waals surface area (Å²) in [5, 5.41) is 3.20. The number of hydrogen-bond donors (Lipinski definition) is 2. The molecule has 2 fully saturated rings. The standard InChI is InChI=1S/C15H28N2O/c16-13-9-6-12(7-10-13)8-11-15(18)17-14-4-2-1-3-5-14/h12-14H,1-11,16H2,(H,17,18). The van der Waals surface area contributed by atoms with Crippen LogP contribution in [0.5, 0.6) is 0 Å². The first-order valence-electron chi connectivity index (χ1n) is 7.79. The Balaban J connectivity index is 1.59. The van der Waals surface area contributed by atoms with Crippen LogP contribution < -0.4 is 11.1 Å². The molecule has 104 valence electrons. The van der Waals surface area contributed by atoms with Crippen LogP contribution in [0.2, 0.25) is 0 Å². The number of hydrogen-bond acceptors (Lipinski definition) is 2. The molecule has 0 atom stereocenters. The fraction of sp³-hybridized carbons (Fsp3) is 0.933. The van der Waals surface area contributed by atoms with Crippen LogP contribution in [-0.4, -0.2) is 18.0 Å². The largest absolute Gasteiger partial charge is 0.353 e. The van der Waals surface area contributed by atoms with E-state index in [1.165, 1.54) is 44.9 Å². The predicted octanol–water partition coefficient (Wildman–Crippen LogP) is 2.73. The molecule has 0 spiro atoms. The second-order valence-corrected chi connectivity index (χ2v) is 6.22. The number of rotatable bonds is 4. The molecule has 0 aromatic rings. The van der Waals surface area contributed by atoms with Gasteiger partial charge in [-0.25, -0.2) is 0 Å². The molecule has 3 nitrogen and oxygen atoms in total. The Morgan fingerprint density at radius 3 is 2.33 bits per heavy atom. The number of nitrogens with two attached hydrogens (primary N) is 1. The minimum atomic E-state index is 0.275. The second kappa shape index (κ2) is 7.13. The zero-order chi connectivity index (χ0) is 12.8. The van der Waals surface area contributed by atoms with Crippen LogP contribution in [0.3, 0.4) is 0 Å². The molecule has 2 rings (SSSR count). The van der Waals surface area contributed by atoms with Gasteiger partial charge in [-0.15, -0.1) is 0 Å². The molecule has 2 aliphatic rings. The van der Waals surface area contributed by atoms with E-state index in [1.807, 2.05) is 0 Å². The van der Waals surface area contributed by atoms with Crippen LogP contribution in [0.25, 0.3) is 0 Å². The van der Waals surface area contributed by atoms with Crippen LogP contribution in [0.4, 0.5) is 0 Å². The first kappa shape index (κ1) is 13.9. The third kappa shape index (κ3) is 4.60. The third-order valence-corrected chi connectivity index (χ3v) is 4.64. The summed E-state index contributed by atoms with van der Waals surface area (Å²) in [6.45, 7) is 0. The monoisotopic (exact) mass is 252 g/mol. The van der Waals surface area contributed by atoms with E-state index in [9.17, 15) is 4.79 Å². The molecule has 2 saturated carbocycles. The lowest BCUT2D eigenvalue weighted by Crippen LogP contribution is -2.36. The predicted molar refractivity (Wildman–Crippen MR) is 74.2 cm³/mol. The Kier molecular flexibility index (Phi) is 5.48. The van der Waals surface area contributed by atoms with Gasteiger partial charge in [0.1, 0.15) is 0 Å². The van der Waals surface area contributed by atoms with E-state index in [0.717, 1.165) is 31.6 Å². The van der Waals surface area contributed by atoms with Crippen molar-refractivity contribution in [3.8, 4) is 0 Å². The molecular weight excluding hydrogens is 224 g/mol. The Labute approximate surface area is 111 Å². The summed E-state index contributed by atoms with van der Waals surface area (Å²) in [7, 11) is 0. The minimum Gasteiger partial charge on any atom is -0.353 e. The van der Waals surface area contributed by atoms with Gasteiger partial charge in [0.2, 0.25) is 5.91 Å². The highest BCUT2D eigenvalue weighted by molar-refractivity contribution is 5.76. The Bertz CT molecular complexity index is 253. The van der Waals surface area contributed by atoms with Crippen molar-refractivity contribution in [2.24, 2.45) is 11.7 Å². The molecular formula is C15H28N2O. The summed E-state index contributed by atoms with van der Waals surface area (Å²) < 4.78 is 0. The zero-order valence-electron chi connectivity index (χ0n) is 11.5. The van der Waals surface area contributed by atoms with Gasteiger partial charge in [0.15, 0.2) is 0 Å². The summed E-state index contributed by atoms with van der Waals surface area (Å²) in [5.74, 6) is 1.01. The SMILES string of the molecule is NC1CCC(CCC(=O)NC2CCCCC2)CC1. The van der Waals surface area contributed by atoms with Gasteiger partial charge < -0.3 is 11.1 Å². The summed E-state index contributed by atoms with van der Waals surface area (Å²) in [6.07, 6.45) is 12.8. The van der Waals surface area contributed by atoms with Gasteiger partial charge in [0.05, 0.1) is 0 Å². The molecule has 1 amide bonds. The maximum Gasteiger partial charge on any atom is 0.220 e. The molecule has 0 bridgehead atoms. The maximum atomic E-state index is 11.9. The summed E-state index contributed by atoms with van der Waals surface area (Å²) in [6, 6.07) is 0.878. The van der Waals surface area contributed by atoms with E-state index in [2.05, 4.69) is 5.32 Å². The van der Waals surface area contributed by atoms with Gasteiger partial charge in [-0.05, 0) is 50.9 Å². The molecule has 0 unspecified atom stereocenters. The average Bonchev–Trinajstić information content (AvgIpc) is 2.39. The highest BCUT2D eigenvalue weighted by Crippen LogP contribution is 2.27. The number of carbonyl (C=O) groups excluding carboxylic acids is 1. The van der Waals surface area contributed by atoms with E-state index >= 15 is 0 Å². The minimum absolute atomic E-state index is 0.275. The molecule has 0 aromatic carbocycles. The fourth-order valence-corrected chi connectivity index (χ4v) is 3.36. The highest BCUT2D eigenvalue weighted by Gasteiger charge is 2.20. The zero-order valence-corrected chi connectivity index (χ0v) is 11.5. The van der Waals surface area contributed by atoms with Crippen molar-refractivity contribution in [3.05, 3.63) is 0 Å². The molecule has 0 aromatic heterocycles. The molecule has 0 aliphatic heterocycles. The Morgan fingerprint density at radius 1 is 1.00 bits per heavy atom.